The third-order valence-electron chi connectivity index (χ3n) is 3.68. The molecule has 1 N–H and O–H groups in total. The van der Waals surface area contributed by atoms with Gasteiger partial charge in [-0.3, -0.25) is 4.79 Å². The first kappa shape index (κ1) is 17.0. The summed E-state index contributed by atoms with van der Waals surface area (Å²) in [7, 11) is -3.79. The average Bonchev–Trinajstić information content (AvgIpc) is 3.06. The fourth-order valence-corrected chi connectivity index (χ4v) is 3.51. The van der Waals surface area contributed by atoms with Crippen LogP contribution in [0.2, 0.25) is 0 Å². The number of carbonyl (C=O) groups is 1. The Morgan fingerprint density at radius 3 is 2.32 bits per heavy atom. The van der Waals surface area contributed by atoms with Gasteiger partial charge in [-0.15, -0.1) is 0 Å². The van der Waals surface area contributed by atoms with Gasteiger partial charge in [-0.05, 0) is 55.8 Å². The van der Waals surface area contributed by atoms with E-state index in [1.165, 1.54) is 24.3 Å². The fraction of sp³-hybridized carbons (Fsp3) is 0.105. The summed E-state index contributed by atoms with van der Waals surface area (Å²) in [6, 6.07) is 16.4. The van der Waals surface area contributed by atoms with E-state index in [1.54, 1.807) is 18.2 Å². The van der Waals surface area contributed by atoms with Crippen molar-refractivity contribution in [2.75, 3.05) is 5.32 Å². The molecule has 0 spiro atoms. The second-order valence-electron chi connectivity index (χ2n) is 5.76. The minimum atomic E-state index is -3.79. The van der Waals surface area contributed by atoms with Crippen LogP contribution in [0, 0.1) is 13.8 Å². The first-order valence-corrected chi connectivity index (χ1v) is 9.14. The van der Waals surface area contributed by atoms with Crippen LogP contribution in [0.25, 0.3) is 0 Å². The molecule has 3 rings (SSSR count). The second kappa shape index (κ2) is 6.57. The minimum absolute atomic E-state index is 0.0628. The first-order chi connectivity index (χ1) is 11.9. The molecule has 0 fully saturated rings. The standard InChI is InChI=1S/C19H17NO4S/c1-13-6-8-16(9-7-13)25(22,23)18-11-10-17(24-18)19(21)20-15-5-3-4-14(2)12-15/h3-12H,1-2H3,(H,20,21). The van der Waals surface area contributed by atoms with E-state index >= 15 is 0 Å². The molecule has 1 heterocycles. The molecule has 2 aromatic carbocycles. The number of sulfone groups is 1. The van der Waals surface area contributed by atoms with Gasteiger partial charge in [0.2, 0.25) is 14.9 Å². The van der Waals surface area contributed by atoms with E-state index in [9.17, 15) is 13.2 Å². The van der Waals surface area contributed by atoms with Crippen molar-refractivity contribution in [3.05, 3.63) is 77.6 Å². The van der Waals surface area contributed by atoms with Gasteiger partial charge >= 0.3 is 0 Å². The van der Waals surface area contributed by atoms with Crippen LogP contribution in [0.3, 0.4) is 0 Å². The summed E-state index contributed by atoms with van der Waals surface area (Å²) in [6.07, 6.45) is 0. The number of aryl methyl sites for hydroxylation is 2. The van der Waals surface area contributed by atoms with Gasteiger partial charge in [0, 0.05) is 5.69 Å². The van der Waals surface area contributed by atoms with Crippen LogP contribution in [0.5, 0.6) is 0 Å². The Morgan fingerprint density at radius 1 is 0.920 bits per heavy atom. The molecule has 0 aliphatic carbocycles. The molecule has 25 heavy (non-hydrogen) atoms. The van der Waals surface area contributed by atoms with E-state index in [0.29, 0.717) is 5.69 Å². The lowest BCUT2D eigenvalue weighted by molar-refractivity contribution is 0.0991. The van der Waals surface area contributed by atoms with Crippen molar-refractivity contribution in [2.24, 2.45) is 0 Å². The van der Waals surface area contributed by atoms with Crippen molar-refractivity contribution in [3.8, 4) is 0 Å². The molecule has 1 aromatic heterocycles. The molecule has 1 amide bonds. The van der Waals surface area contributed by atoms with Crippen LogP contribution < -0.4 is 5.32 Å². The molecule has 128 valence electrons. The Bertz CT molecular complexity index is 1020. The molecule has 6 heteroatoms. The molecule has 0 aliphatic rings. The van der Waals surface area contributed by atoms with Gasteiger partial charge in [0.05, 0.1) is 4.90 Å². The van der Waals surface area contributed by atoms with Gasteiger partial charge in [-0.25, -0.2) is 8.42 Å². The van der Waals surface area contributed by atoms with Crippen molar-refractivity contribution in [2.45, 2.75) is 23.8 Å². The van der Waals surface area contributed by atoms with E-state index in [0.717, 1.165) is 11.1 Å². The van der Waals surface area contributed by atoms with Gasteiger partial charge < -0.3 is 9.73 Å². The third-order valence-corrected chi connectivity index (χ3v) is 5.32. The number of rotatable bonds is 4. The lowest BCUT2D eigenvalue weighted by Gasteiger charge is -2.04. The summed E-state index contributed by atoms with van der Waals surface area (Å²) in [5.41, 5.74) is 2.57. The number of furan rings is 1. The number of amides is 1. The van der Waals surface area contributed by atoms with E-state index < -0.39 is 15.7 Å². The predicted molar refractivity (Wildman–Crippen MR) is 94.5 cm³/mol. The normalized spacial score (nSPS) is 11.3. The van der Waals surface area contributed by atoms with Gasteiger partial charge in [0.1, 0.15) is 0 Å². The molecule has 0 unspecified atom stereocenters. The highest BCUT2D eigenvalue weighted by atomic mass is 32.2. The summed E-state index contributed by atoms with van der Waals surface area (Å²) < 4.78 is 30.4. The molecule has 0 bridgehead atoms. The molecule has 0 aliphatic heterocycles. The Labute approximate surface area is 146 Å². The van der Waals surface area contributed by atoms with Crippen molar-refractivity contribution in [3.63, 3.8) is 0 Å². The number of hydrogen-bond acceptors (Lipinski definition) is 4. The van der Waals surface area contributed by atoms with E-state index in [-0.39, 0.29) is 15.7 Å². The number of nitrogens with one attached hydrogen (secondary N) is 1. The van der Waals surface area contributed by atoms with Crippen LogP contribution in [0.4, 0.5) is 5.69 Å². The molecular weight excluding hydrogens is 338 g/mol. The molecule has 3 aromatic rings. The van der Waals surface area contributed by atoms with Crippen molar-refractivity contribution < 1.29 is 17.6 Å². The largest absolute Gasteiger partial charge is 0.439 e. The van der Waals surface area contributed by atoms with Crippen molar-refractivity contribution in [1.29, 1.82) is 0 Å². The van der Waals surface area contributed by atoms with Crippen LogP contribution in [0.1, 0.15) is 21.7 Å². The average molecular weight is 355 g/mol. The monoisotopic (exact) mass is 355 g/mol. The topological polar surface area (TPSA) is 76.4 Å². The Balaban J connectivity index is 1.84. The first-order valence-electron chi connectivity index (χ1n) is 7.66. The van der Waals surface area contributed by atoms with Gasteiger partial charge in [0.25, 0.3) is 5.91 Å². The zero-order valence-electron chi connectivity index (χ0n) is 13.8. The predicted octanol–water partition coefficient (Wildman–Crippen LogP) is 3.98. The van der Waals surface area contributed by atoms with Gasteiger partial charge in [-0.1, -0.05) is 29.8 Å². The highest BCUT2D eigenvalue weighted by molar-refractivity contribution is 7.91. The maximum absolute atomic E-state index is 12.6. The lowest BCUT2D eigenvalue weighted by Crippen LogP contribution is -2.11. The summed E-state index contributed by atoms with van der Waals surface area (Å²) in [4.78, 5) is 12.4. The van der Waals surface area contributed by atoms with Crippen LogP contribution in [-0.2, 0) is 9.84 Å². The van der Waals surface area contributed by atoms with Crippen LogP contribution in [-0.4, -0.2) is 14.3 Å². The summed E-state index contributed by atoms with van der Waals surface area (Å²) in [5.74, 6) is -0.567. The molecule has 0 radical (unpaired) electrons. The molecule has 0 atom stereocenters. The maximum Gasteiger partial charge on any atom is 0.291 e. The lowest BCUT2D eigenvalue weighted by atomic mass is 10.2. The zero-order chi connectivity index (χ0) is 18.0. The highest BCUT2D eigenvalue weighted by Crippen LogP contribution is 2.23. The van der Waals surface area contributed by atoms with Crippen molar-refractivity contribution in [1.82, 2.24) is 0 Å². The maximum atomic E-state index is 12.6. The zero-order valence-corrected chi connectivity index (χ0v) is 14.6. The van der Waals surface area contributed by atoms with Crippen LogP contribution in [0.15, 0.2) is 75.1 Å². The van der Waals surface area contributed by atoms with Gasteiger partial charge in [0.15, 0.2) is 5.76 Å². The fourth-order valence-electron chi connectivity index (χ4n) is 2.34. The van der Waals surface area contributed by atoms with Gasteiger partial charge in [-0.2, -0.15) is 0 Å². The summed E-state index contributed by atoms with van der Waals surface area (Å²) in [5, 5.41) is 2.42. The highest BCUT2D eigenvalue weighted by Gasteiger charge is 2.23. The number of hydrogen-bond donors (Lipinski definition) is 1. The number of benzene rings is 2. The smallest absolute Gasteiger partial charge is 0.291 e. The third kappa shape index (κ3) is 3.64. The molecule has 0 saturated heterocycles. The Hall–Kier alpha value is -2.86. The quantitative estimate of drug-likeness (QED) is 0.768. The summed E-state index contributed by atoms with van der Waals surface area (Å²) in [6.45, 7) is 3.78. The molecule has 0 saturated carbocycles. The Morgan fingerprint density at radius 2 is 1.64 bits per heavy atom. The molecule has 5 nitrogen and oxygen atoms in total. The van der Waals surface area contributed by atoms with E-state index in [1.807, 2.05) is 32.0 Å². The summed E-state index contributed by atoms with van der Waals surface area (Å²) >= 11 is 0. The van der Waals surface area contributed by atoms with E-state index in [2.05, 4.69) is 5.32 Å². The minimum Gasteiger partial charge on any atom is -0.439 e. The Kier molecular flexibility index (Phi) is 4.46. The number of anilines is 1. The van der Waals surface area contributed by atoms with E-state index in [4.69, 9.17) is 4.42 Å². The van der Waals surface area contributed by atoms with Crippen LogP contribution >= 0.6 is 0 Å². The molecular formula is C19H17NO4S. The second-order valence-corrected chi connectivity index (χ2v) is 7.64. The SMILES string of the molecule is Cc1ccc(S(=O)(=O)c2ccc(C(=O)Nc3cccc(C)c3)o2)cc1. The van der Waals surface area contributed by atoms with Crippen molar-refractivity contribution >= 4 is 21.4 Å². The number of carbonyl (C=O) groups excluding carboxylic acids is 1.